The van der Waals surface area contributed by atoms with E-state index in [0.717, 1.165) is 28.0 Å². The number of hydrogen-bond acceptors (Lipinski definition) is 7. The van der Waals surface area contributed by atoms with Gasteiger partial charge in [0.05, 0.1) is 41.9 Å². The number of morpholine rings is 1. The average molecular weight is 634 g/mol. The maximum atomic E-state index is 13.7. The maximum Gasteiger partial charge on any atom is 0.282 e. The van der Waals surface area contributed by atoms with Gasteiger partial charge in [-0.2, -0.15) is 9.78 Å². The largest absolute Gasteiger partial charge is 0.496 e. The maximum absolute atomic E-state index is 13.7. The molecule has 5 rings (SSSR count). The summed E-state index contributed by atoms with van der Waals surface area (Å²) in [7, 11) is 1.66. The monoisotopic (exact) mass is 632 g/mol. The third-order valence-corrected chi connectivity index (χ3v) is 7.81. The molecule has 1 aliphatic rings. The van der Waals surface area contributed by atoms with Crippen LogP contribution in [0.5, 0.6) is 11.5 Å². The lowest BCUT2D eigenvalue weighted by Crippen LogP contribution is -2.43. The van der Waals surface area contributed by atoms with Gasteiger partial charge in [-0.1, -0.05) is 26.0 Å². The standard InChI is InChI=1S/C32H33BrN4O5/c1-20(2)24-17-25(21(3)15-29(24)40-4)31-35-27-8-6-5-7-23(27)32(39)37(31)34-18-22-9-10-28(26(33)16-22)42-19-30(38)36-11-13-41-14-12-36/h5-10,15-18,20H,11-14,19H2,1-4H3. The molecule has 0 bridgehead atoms. The van der Waals surface area contributed by atoms with E-state index in [1.54, 1.807) is 30.4 Å². The fourth-order valence-electron chi connectivity index (χ4n) is 4.85. The number of para-hydroxylation sites is 1. The molecule has 0 saturated carbocycles. The zero-order valence-corrected chi connectivity index (χ0v) is 25.7. The number of hydrogen-bond donors (Lipinski definition) is 0. The number of rotatable bonds is 8. The minimum Gasteiger partial charge on any atom is -0.496 e. The van der Waals surface area contributed by atoms with E-state index in [-0.39, 0.29) is 24.0 Å². The summed E-state index contributed by atoms with van der Waals surface area (Å²) in [5, 5.41) is 5.09. The highest BCUT2D eigenvalue weighted by Gasteiger charge is 2.19. The number of aryl methyl sites for hydroxylation is 1. The van der Waals surface area contributed by atoms with Crippen molar-refractivity contribution in [1.82, 2.24) is 14.6 Å². The lowest BCUT2D eigenvalue weighted by Gasteiger charge is -2.26. The number of halogens is 1. The molecule has 2 heterocycles. The highest BCUT2D eigenvalue weighted by atomic mass is 79.9. The van der Waals surface area contributed by atoms with Gasteiger partial charge in [0.1, 0.15) is 11.5 Å². The number of benzene rings is 3. The molecule has 1 saturated heterocycles. The van der Waals surface area contributed by atoms with Crippen LogP contribution in [-0.2, 0) is 9.53 Å². The zero-order valence-electron chi connectivity index (χ0n) is 24.1. The van der Waals surface area contributed by atoms with Crippen molar-refractivity contribution in [1.29, 1.82) is 0 Å². The van der Waals surface area contributed by atoms with E-state index in [4.69, 9.17) is 19.2 Å². The summed E-state index contributed by atoms with van der Waals surface area (Å²) in [4.78, 5) is 32.8. The zero-order chi connectivity index (χ0) is 29.8. The van der Waals surface area contributed by atoms with Crippen molar-refractivity contribution in [2.24, 2.45) is 5.10 Å². The van der Waals surface area contributed by atoms with Crippen LogP contribution in [0.2, 0.25) is 0 Å². The van der Waals surface area contributed by atoms with Crippen molar-refractivity contribution >= 4 is 39.0 Å². The van der Waals surface area contributed by atoms with Gasteiger partial charge in [0.2, 0.25) is 0 Å². The van der Waals surface area contributed by atoms with Crippen molar-refractivity contribution in [3.8, 4) is 22.9 Å². The number of ether oxygens (including phenoxy) is 3. The van der Waals surface area contributed by atoms with Gasteiger partial charge >= 0.3 is 0 Å². The van der Waals surface area contributed by atoms with Crippen LogP contribution in [0.1, 0.15) is 36.5 Å². The van der Waals surface area contributed by atoms with E-state index in [2.05, 4.69) is 34.9 Å². The van der Waals surface area contributed by atoms with Gasteiger partial charge in [0.15, 0.2) is 12.4 Å². The summed E-state index contributed by atoms with van der Waals surface area (Å²) in [6.45, 7) is 8.32. The quantitative estimate of drug-likeness (QED) is 0.242. The number of nitrogens with zero attached hydrogens (tertiary/aromatic N) is 4. The lowest BCUT2D eigenvalue weighted by molar-refractivity contribution is -0.137. The molecule has 1 aromatic heterocycles. The van der Waals surface area contributed by atoms with E-state index in [0.29, 0.717) is 53.3 Å². The first-order chi connectivity index (χ1) is 20.3. The first-order valence-corrected chi connectivity index (χ1v) is 14.6. The smallest absolute Gasteiger partial charge is 0.282 e. The van der Waals surface area contributed by atoms with Crippen molar-refractivity contribution in [2.45, 2.75) is 26.7 Å². The van der Waals surface area contributed by atoms with Gasteiger partial charge < -0.3 is 19.1 Å². The van der Waals surface area contributed by atoms with Crippen molar-refractivity contribution in [3.05, 3.63) is 86.1 Å². The fraction of sp³-hybridized carbons (Fsp3) is 0.312. The number of methoxy groups -OCH3 is 1. The molecule has 4 aromatic rings. The molecule has 0 unspecified atom stereocenters. The number of aromatic nitrogens is 2. The van der Waals surface area contributed by atoms with E-state index in [1.807, 2.05) is 49.4 Å². The Hall–Kier alpha value is -4.02. The lowest BCUT2D eigenvalue weighted by atomic mass is 9.96. The van der Waals surface area contributed by atoms with Crippen molar-refractivity contribution in [3.63, 3.8) is 0 Å². The second-order valence-electron chi connectivity index (χ2n) is 10.3. The molecule has 1 aliphatic heterocycles. The van der Waals surface area contributed by atoms with Crippen LogP contribution in [0.3, 0.4) is 0 Å². The van der Waals surface area contributed by atoms with E-state index < -0.39 is 0 Å². The molecule has 1 amide bonds. The number of fused-ring (bicyclic) bond motifs is 1. The predicted molar refractivity (Wildman–Crippen MR) is 167 cm³/mol. The van der Waals surface area contributed by atoms with Gasteiger partial charge in [-0.05, 0) is 87.9 Å². The molecular formula is C32H33BrN4O5. The Balaban J connectivity index is 1.48. The molecular weight excluding hydrogens is 600 g/mol. The normalized spacial score (nSPS) is 13.7. The van der Waals surface area contributed by atoms with Crippen LogP contribution in [0.4, 0.5) is 0 Å². The van der Waals surface area contributed by atoms with Crippen LogP contribution in [-0.4, -0.2) is 66.7 Å². The minimum absolute atomic E-state index is 0.0624. The molecule has 9 nitrogen and oxygen atoms in total. The first kappa shape index (κ1) is 29.5. The highest BCUT2D eigenvalue weighted by Crippen LogP contribution is 2.34. The molecule has 0 N–H and O–H groups in total. The average Bonchev–Trinajstić information content (AvgIpc) is 3.00. The Morgan fingerprint density at radius 3 is 2.60 bits per heavy atom. The number of carbonyl (C=O) groups is 1. The SMILES string of the molecule is COc1cc(C)c(-c2nc3ccccc3c(=O)n2N=Cc2ccc(OCC(=O)N3CCOCC3)c(Br)c2)cc1C(C)C. The molecule has 42 heavy (non-hydrogen) atoms. The summed E-state index contributed by atoms with van der Waals surface area (Å²) in [6, 6.07) is 16.7. The van der Waals surface area contributed by atoms with E-state index >= 15 is 0 Å². The Morgan fingerprint density at radius 2 is 1.88 bits per heavy atom. The van der Waals surface area contributed by atoms with E-state index in [1.165, 1.54) is 4.68 Å². The Bertz CT molecular complexity index is 1710. The summed E-state index contributed by atoms with van der Waals surface area (Å²) < 4.78 is 18.7. The second-order valence-corrected chi connectivity index (χ2v) is 11.2. The van der Waals surface area contributed by atoms with Crippen molar-refractivity contribution in [2.75, 3.05) is 40.0 Å². The van der Waals surface area contributed by atoms with Gasteiger partial charge in [-0.25, -0.2) is 4.98 Å². The molecule has 10 heteroatoms. The molecule has 1 fully saturated rings. The highest BCUT2D eigenvalue weighted by molar-refractivity contribution is 9.10. The van der Waals surface area contributed by atoms with Crippen LogP contribution < -0.4 is 15.0 Å². The molecule has 0 radical (unpaired) electrons. The Morgan fingerprint density at radius 1 is 1.12 bits per heavy atom. The summed E-state index contributed by atoms with van der Waals surface area (Å²) in [5.74, 6) is 1.89. The first-order valence-electron chi connectivity index (χ1n) is 13.8. The second kappa shape index (κ2) is 12.9. The van der Waals surface area contributed by atoms with Crippen molar-refractivity contribution < 1.29 is 19.0 Å². The summed E-state index contributed by atoms with van der Waals surface area (Å²) in [5.41, 5.74) is 3.79. The molecule has 218 valence electrons. The predicted octanol–water partition coefficient (Wildman–Crippen LogP) is 5.39. The summed E-state index contributed by atoms with van der Waals surface area (Å²) in [6.07, 6.45) is 1.61. The minimum atomic E-state index is -0.270. The van der Waals surface area contributed by atoms with Crippen LogP contribution in [0.15, 0.2) is 69.0 Å². The summed E-state index contributed by atoms with van der Waals surface area (Å²) >= 11 is 3.54. The number of carbonyl (C=O) groups excluding carboxylic acids is 1. The topological polar surface area (TPSA) is 95.2 Å². The molecule has 0 atom stereocenters. The Kier molecular flexibility index (Phi) is 9.03. The van der Waals surface area contributed by atoms with Crippen LogP contribution in [0, 0.1) is 6.92 Å². The Labute approximate surface area is 252 Å². The molecule has 0 aliphatic carbocycles. The molecule has 0 spiro atoms. The van der Waals surface area contributed by atoms with E-state index in [9.17, 15) is 9.59 Å². The van der Waals surface area contributed by atoms with Crippen LogP contribution >= 0.6 is 15.9 Å². The third-order valence-electron chi connectivity index (χ3n) is 7.19. The van der Waals surface area contributed by atoms with Gasteiger partial charge in [0, 0.05) is 18.7 Å². The number of amides is 1. The van der Waals surface area contributed by atoms with Gasteiger partial charge in [-0.3, -0.25) is 9.59 Å². The van der Waals surface area contributed by atoms with Gasteiger partial charge in [0.25, 0.3) is 11.5 Å². The fourth-order valence-corrected chi connectivity index (χ4v) is 5.37. The van der Waals surface area contributed by atoms with Gasteiger partial charge in [-0.15, -0.1) is 0 Å². The molecule has 3 aromatic carbocycles. The third kappa shape index (κ3) is 6.24. The van der Waals surface area contributed by atoms with Crippen LogP contribution in [0.25, 0.3) is 22.3 Å².